The van der Waals surface area contributed by atoms with Crippen LogP contribution in [-0.2, 0) is 6.54 Å². The highest BCUT2D eigenvalue weighted by Crippen LogP contribution is 2.23. The highest BCUT2D eigenvalue weighted by atomic mass is 32.1. The fraction of sp³-hybridized carbons (Fsp3) is 0.250. The van der Waals surface area contributed by atoms with Gasteiger partial charge in [-0.05, 0) is 13.0 Å². The summed E-state index contributed by atoms with van der Waals surface area (Å²) in [5.74, 6) is 0. The second kappa shape index (κ2) is 5.09. The molecule has 0 radical (unpaired) electrons. The number of rotatable bonds is 4. The Labute approximate surface area is 98.8 Å². The van der Waals surface area contributed by atoms with Gasteiger partial charge in [0, 0.05) is 22.3 Å². The summed E-state index contributed by atoms with van der Waals surface area (Å²) >= 11 is 1.62. The van der Waals surface area contributed by atoms with E-state index in [0.29, 0.717) is 0 Å². The van der Waals surface area contributed by atoms with E-state index in [2.05, 4.69) is 10.3 Å². The molecule has 0 aliphatic heterocycles. The monoisotopic (exact) mass is 234 g/mol. The molecule has 3 nitrogen and oxygen atoms in total. The van der Waals surface area contributed by atoms with Crippen molar-refractivity contribution >= 4 is 17.0 Å². The topological polar surface area (TPSA) is 45.1 Å². The molecule has 2 aromatic rings. The lowest BCUT2D eigenvalue weighted by Crippen LogP contribution is -2.03. The lowest BCUT2D eigenvalue weighted by atomic mass is 10.1. The first-order valence-corrected chi connectivity index (χ1v) is 6.03. The SMILES string of the molecule is CC(O)c1ccccc1NCc1cncs1. The Bertz CT molecular complexity index is 440. The van der Waals surface area contributed by atoms with Crippen molar-refractivity contribution in [1.29, 1.82) is 0 Å². The largest absolute Gasteiger partial charge is 0.389 e. The molecule has 1 atom stereocenters. The molecule has 1 aromatic heterocycles. The minimum absolute atomic E-state index is 0.454. The van der Waals surface area contributed by atoms with Gasteiger partial charge >= 0.3 is 0 Å². The van der Waals surface area contributed by atoms with Gasteiger partial charge in [0.15, 0.2) is 0 Å². The summed E-state index contributed by atoms with van der Waals surface area (Å²) in [6, 6.07) is 7.80. The first-order chi connectivity index (χ1) is 7.77. The Morgan fingerprint density at radius 3 is 2.94 bits per heavy atom. The minimum atomic E-state index is -0.454. The van der Waals surface area contributed by atoms with E-state index in [1.165, 1.54) is 4.88 Å². The number of benzene rings is 1. The van der Waals surface area contributed by atoms with Crippen LogP contribution in [0.2, 0.25) is 0 Å². The van der Waals surface area contributed by atoms with Crippen LogP contribution in [0.1, 0.15) is 23.5 Å². The summed E-state index contributed by atoms with van der Waals surface area (Å²) in [5.41, 5.74) is 3.72. The third kappa shape index (κ3) is 2.59. The molecule has 1 heterocycles. The Morgan fingerprint density at radius 2 is 2.25 bits per heavy atom. The molecule has 1 aromatic carbocycles. The van der Waals surface area contributed by atoms with Crippen LogP contribution in [0.4, 0.5) is 5.69 Å². The average Bonchev–Trinajstić information content (AvgIpc) is 2.79. The van der Waals surface area contributed by atoms with Crippen molar-refractivity contribution in [2.75, 3.05) is 5.32 Å². The maximum Gasteiger partial charge on any atom is 0.0794 e. The molecule has 1 unspecified atom stereocenters. The van der Waals surface area contributed by atoms with E-state index < -0.39 is 6.10 Å². The molecule has 0 fully saturated rings. The molecular formula is C12H14N2OS. The molecule has 0 saturated heterocycles. The van der Waals surface area contributed by atoms with Gasteiger partial charge in [0.1, 0.15) is 0 Å². The van der Waals surface area contributed by atoms with Crippen molar-refractivity contribution in [1.82, 2.24) is 4.98 Å². The number of nitrogens with one attached hydrogen (secondary N) is 1. The van der Waals surface area contributed by atoms with Crippen molar-refractivity contribution < 1.29 is 5.11 Å². The lowest BCUT2D eigenvalue weighted by molar-refractivity contribution is 0.200. The number of anilines is 1. The summed E-state index contributed by atoms with van der Waals surface area (Å²) in [6.45, 7) is 2.52. The van der Waals surface area contributed by atoms with E-state index >= 15 is 0 Å². The second-order valence-electron chi connectivity index (χ2n) is 3.58. The summed E-state index contributed by atoms with van der Waals surface area (Å²) < 4.78 is 0. The van der Waals surface area contributed by atoms with Gasteiger partial charge in [0.2, 0.25) is 0 Å². The summed E-state index contributed by atoms with van der Waals surface area (Å²) in [4.78, 5) is 5.20. The van der Waals surface area contributed by atoms with Gasteiger partial charge in [0.05, 0.1) is 18.2 Å². The average molecular weight is 234 g/mol. The first-order valence-electron chi connectivity index (χ1n) is 5.15. The van der Waals surface area contributed by atoms with E-state index in [0.717, 1.165) is 17.8 Å². The number of hydrogen-bond donors (Lipinski definition) is 2. The molecule has 0 saturated carbocycles. The highest BCUT2D eigenvalue weighted by Gasteiger charge is 2.06. The first kappa shape index (κ1) is 11.1. The van der Waals surface area contributed by atoms with Gasteiger partial charge in [-0.1, -0.05) is 18.2 Å². The Balaban J connectivity index is 2.09. The van der Waals surface area contributed by atoms with Gasteiger partial charge in [-0.2, -0.15) is 0 Å². The number of thiazole rings is 1. The zero-order valence-corrected chi connectivity index (χ0v) is 9.87. The van der Waals surface area contributed by atoms with Gasteiger partial charge in [-0.15, -0.1) is 11.3 Å². The molecule has 0 aliphatic carbocycles. The van der Waals surface area contributed by atoms with E-state index in [1.807, 2.05) is 36.0 Å². The Hall–Kier alpha value is -1.39. The van der Waals surface area contributed by atoms with Gasteiger partial charge in [-0.25, -0.2) is 0 Å². The summed E-state index contributed by atoms with van der Waals surface area (Å²) in [7, 11) is 0. The Kier molecular flexibility index (Phi) is 3.54. The number of nitrogens with zero attached hydrogens (tertiary/aromatic N) is 1. The van der Waals surface area contributed by atoms with Gasteiger partial charge in [-0.3, -0.25) is 4.98 Å². The number of aliphatic hydroxyl groups is 1. The molecule has 16 heavy (non-hydrogen) atoms. The number of para-hydroxylation sites is 1. The molecule has 0 bridgehead atoms. The van der Waals surface area contributed by atoms with Crippen LogP contribution in [0.3, 0.4) is 0 Å². The van der Waals surface area contributed by atoms with Crippen LogP contribution in [0.5, 0.6) is 0 Å². The van der Waals surface area contributed by atoms with Gasteiger partial charge in [0.25, 0.3) is 0 Å². The van der Waals surface area contributed by atoms with Crippen LogP contribution >= 0.6 is 11.3 Å². The number of hydrogen-bond acceptors (Lipinski definition) is 4. The molecule has 84 valence electrons. The van der Waals surface area contributed by atoms with Crippen LogP contribution in [0.25, 0.3) is 0 Å². The fourth-order valence-corrected chi connectivity index (χ4v) is 2.07. The minimum Gasteiger partial charge on any atom is -0.389 e. The van der Waals surface area contributed by atoms with E-state index in [9.17, 15) is 5.11 Å². The predicted molar refractivity (Wildman–Crippen MR) is 66.5 cm³/mol. The Morgan fingerprint density at radius 1 is 1.44 bits per heavy atom. The lowest BCUT2D eigenvalue weighted by Gasteiger charge is -2.12. The summed E-state index contributed by atoms with van der Waals surface area (Å²) in [6.07, 6.45) is 1.40. The van der Waals surface area contributed by atoms with Crippen molar-refractivity contribution in [2.24, 2.45) is 0 Å². The van der Waals surface area contributed by atoms with Crippen molar-refractivity contribution in [3.8, 4) is 0 Å². The maximum atomic E-state index is 9.61. The molecule has 2 rings (SSSR count). The molecule has 0 amide bonds. The highest BCUT2D eigenvalue weighted by molar-refractivity contribution is 7.09. The number of aromatic nitrogens is 1. The van der Waals surface area contributed by atoms with E-state index in [4.69, 9.17) is 0 Å². The van der Waals surface area contributed by atoms with Crippen molar-refractivity contribution in [2.45, 2.75) is 19.6 Å². The zero-order valence-electron chi connectivity index (χ0n) is 9.05. The molecular weight excluding hydrogens is 220 g/mol. The molecule has 4 heteroatoms. The third-order valence-corrected chi connectivity index (χ3v) is 3.13. The van der Waals surface area contributed by atoms with Gasteiger partial charge < -0.3 is 10.4 Å². The normalized spacial score (nSPS) is 12.4. The van der Waals surface area contributed by atoms with E-state index in [-0.39, 0.29) is 0 Å². The van der Waals surface area contributed by atoms with Crippen LogP contribution in [0, 0.1) is 0 Å². The molecule has 2 N–H and O–H groups in total. The number of aliphatic hydroxyl groups excluding tert-OH is 1. The van der Waals surface area contributed by atoms with Crippen LogP contribution < -0.4 is 5.32 Å². The van der Waals surface area contributed by atoms with Crippen LogP contribution in [-0.4, -0.2) is 10.1 Å². The summed E-state index contributed by atoms with van der Waals surface area (Å²) in [5, 5.41) is 12.9. The molecule has 0 aliphatic rings. The maximum absolute atomic E-state index is 9.61. The van der Waals surface area contributed by atoms with Crippen molar-refractivity contribution in [3.63, 3.8) is 0 Å². The fourth-order valence-electron chi connectivity index (χ4n) is 1.53. The standard InChI is InChI=1S/C12H14N2OS/c1-9(15)11-4-2-3-5-12(11)14-7-10-6-13-8-16-10/h2-6,8-9,14-15H,7H2,1H3. The smallest absolute Gasteiger partial charge is 0.0794 e. The third-order valence-electron chi connectivity index (χ3n) is 2.35. The second-order valence-corrected chi connectivity index (χ2v) is 4.56. The van der Waals surface area contributed by atoms with Crippen LogP contribution in [0.15, 0.2) is 36.0 Å². The molecule has 0 spiro atoms. The quantitative estimate of drug-likeness (QED) is 0.855. The van der Waals surface area contributed by atoms with E-state index in [1.54, 1.807) is 18.3 Å². The zero-order chi connectivity index (χ0) is 11.4. The van der Waals surface area contributed by atoms with Crippen molar-refractivity contribution in [3.05, 3.63) is 46.4 Å². The predicted octanol–water partition coefficient (Wildman–Crippen LogP) is 2.81.